The summed E-state index contributed by atoms with van der Waals surface area (Å²) in [6, 6.07) is 11.2. The van der Waals surface area contributed by atoms with E-state index in [-0.39, 0.29) is 5.91 Å². The molecule has 1 amide bonds. The first kappa shape index (κ1) is 19.8. The standard InChI is InChI=1S/C22H25N5O3/c1-16-23-20(25-8-4-5-9-25)15-21(24-16)26-10-12-27(13-11-26)22(28)17-6-7-18(29-2)19(14-17)30-3/h4-9,14-15H,10-13H2,1-3H3. The molecule has 8 heteroatoms. The zero-order chi connectivity index (χ0) is 21.1. The first-order valence-electron chi connectivity index (χ1n) is 9.84. The molecule has 2 aromatic heterocycles. The van der Waals surface area contributed by atoms with E-state index in [2.05, 4.69) is 14.9 Å². The van der Waals surface area contributed by atoms with Crippen LogP contribution in [0.2, 0.25) is 0 Å². The second-order valence-corrected chi connectivity index (χ2v) is 7.07. The Labute approximate surface area is 175 Å². The number of aromatic nitrogens is 3. The third-order valence-electron chi connectivity index (χ3n) is 5.20. The van der Waals surface area contributed by atoms with Gasteiger partial charge in [-0.15, -0.1) is 0 Å². The summed E-state index contributed by atoms with van der Waals surface area (Å²) in [6.45, 7) is 4.55. The van der Waals surface area contributed by atoms with Gasteiger partial charge in [-0.25, -0.2) is 9.97 Å². The largest absolute Gasteiger partial charge is 0.493 e. The second kappa shape index (κ2) is 8.44. The topological polar surface area (TPSA) is 72.7 Å². The summed E-state index contributed by atoms with van der Waals surface area (Å²) in [5.74, 6) is 3.59. The van der Waals surface area contributed by atoms with Gasteiger partial charge in [0.25, 0.3) is 5.91 Å². The van der Waals surface area contributed by atoms with E-state index in [0.717, 1.165) is 17.5 Å². The number of rotatable bonds is 5. The maximum atomic E-state index is 13.0. The van der Waals surface area contributed by atoms with Crippen molar-refractivity contribution in [1.29, 1.82) is 0 Å². The first-order chi connectivity index (χ1) is 14.6. The van der Waals surface area contributed by atoms with Gasteiger partial charge in [-0.2, -0.15) is 0 Å². The van der Waals surface area contributed by atoms with Gasteiger partial charge in [0.1, 0.15) is 17.5 Å². The van der Waals surface area contributed by atoms with Crippen molar-refractivity contribution < 1.29 is 14.3 Å². The van der Waals surface area contributed by atoms with Crippen LogP contribution in [-0.2, 0) is 0 Å². The molecule has 3 aromatic rings. The molecule has 0 bridgehead atoms. The number of hydrogen-bond acceptors (Lipinski definition) is 6. The Morgan fingerprint density at radius 3 is 2.23 bits per heavy atom. The maximum Gasteiger partial charge on any atom is 0.254 e. The number of methoxy groups -OCH3 is 2. The summed E-state index contributed by atoms with van der Waals surface area (Å²) in [6.07, 6.45) is 3.93. The Kier molecular flexibility index (Phi) is 5.56. The van der Waals surface area contributed by atoms with Crippen LogP contribution in [0.15, 0.2) is 48.8 Å². The van der Waals surface area contributed by atoms with Crippen molar-refractivity contribution in [3.63, 3.8) is 0 Å². The van der Waals surface area contributed by atoms with Gasteiger partial charge in [-0.05, 0) is 37.3 Å². The highest BCUT2D eigenvalue weighted by molar-refractivity contribution is 5.95. The average Bonchev–Trinajstić information content (AvgIpc) is 3.33. The van der Waals surface area contributed by atoms with Gasteiger partial charge < -0.3 is 23.8 Å². The number of carbonyl (C=O) groups is 1. The molecule has 0 N–H and O–H groups in total. The molecule has 0 radical (unpaired) electrons. The minimum absolute atomic E-state index is 0.0116. The predicted molar refractivity (Wildman–Crippen MR) is 114 cm³/mol. The van der Waals surface area contributed by atoms with Crippen LogP contribution < -0.4 is 14.4 Å². The Hall–Kier alpha value is -3.55. The Morgan fingerprint density at radius 1 is 0.900 bits per heavy atom. The lowest BCUT2D eigenvalue weighted by Crippen LogP contribution is -2.49. The molecule has 156 valence electrons. The quantitative estimate of drug-likeness (QED) is 0.647. The lowest BCUT2D eigenvalue weighted by Gasteiger charge is -2.35. The van der Waals surface area contributed by atoms with E-state index in [4.69, 9.17) is 9.47 Å². The highest BCUT2D eigenvalue weighted by Crippen LogP contribution is 2.28. The van der Waals surface area contributed by atoms with Crippen molar-refractivity contribution in [2.75, 3.05) is 45.3 Å². The van der Waals surface area contributed by atoms with Crippen LogP contribution in [0.25, 0.3) is 5.82 Å². The summed E-state index contributed by atoms with van der Waals surface area (Å²) in [5, 5.41) is 0. The summed E-state index contributed by atoms with van der Waals surface area (Å²) in [4.78, 5) is 26.1. The lowest BCUT2D eigenvalue weighted by atomic mass is 10.1. The molecule has 1 aromatic carbocycles. The van der Waals surface area contributed by atoms with E-state index >= 15 is 0 Å². The number of anilines is 1. The molecule has 1 aliphatic heterocycles. The van der Waals surface area contributed by atoms with Crippen LogP contribution in [0.1, 0.15) is 16.2 Å². The van der Waals surface area contributed by atoms with Crippen molar-refractivity contribution in [2.24, 2.45) is 0 Å². The third-order valence-corrected chi connectivity index (χ3v) is 5.20. The van der Waals surface area contributed by atoms with Crippen LogP contribution in [0, 0.1) is 6.92 Å². The zero-order valence-corrected chi connectivity index (χ0v) is 17.4. The van der Waals surface area contributed by atoms with Crippen molar-refractivity contribution in [1.82, 2.24) is 19.4 Å². The summed E-state index contributed by atoms with van der Waals surface area (Å²) >= 11 is 0. The van der Waals surface area contributed by atoms with Crippen molar-refractivity contribution >= 4 is 11.7 Å². The number of hydrogen-bond donors (Lipinski definition) is 0. The van der Waals surface area contributed by atoms with Crippen LogP contribution in [0.4, 0.5) is 5.82 Å². The maximum absolute atomic E-state index is 13.0. The monoisotopic (exact) mass is 407 g/mol. The Balaban J connectivity index is 1.46. The fourth-order valence-corrected chi connectivity index (χ4v) is 3.61. The molecule has 0 aliphatic carbocycles. The molecule has 3 heterocycles. The fourth-order valence-electron chi connectivity index (χ4n) is 3.61. The SMILES string of the molecule is COc1ccc(C(=O)N2CCN(c3cc(-n4cccc4)nc(C)n3)CC2)cc1OC. The molecule has 30 heavy (non-hydrogen) atoms. The molecule has 0 unspecified atom stereocenters. The van der Waals surface area contributed by atoms with E-state index in [1.807, 2.05) is 47.0 Å². The second-order valence-electron chi connectivity index (χ2n) is 7.07. The number of amides is 1. The van der Waals surface area contributed by atoms with Gasteiger partial charge in [-0.1, -0.05) is 0 Å². The molecule has 0 spiro atoms. The zero-order valence-electron chi connectivity index (χ0n) is 17.4. The number of piperazine rings is 1. The smallest absolute Gasteiger partial charge is 0.254 e. The van der Waals surface area contributed by atoms with Crippen LogP contribution in [0.5, 0.6) is 11.5 Å². The number of benzene rings is 1. The summed E-state index contributed by atoms with van der Waals surface area (Å²) in [7, 11) is 3.14. The van der Waals surface area contributed by atoms with Gasteiger partial charge in [0, 0.05) is 50.2 Å². The molecule has 1 fully saturated rings. The predicted octanol–water partition coefficient (Wildman–Crippen LogP) is 2.56. The van der Waals surface area contributed by atoms with E-state index in [9.17, 15) is 4.79 Å². The van der Waals surface area contributed by atoms with Gasteiger partial charge in [0.15, 0.2) is 11.5 Å². The molecule has 0 saturated carbocycles. The van der Waals surface area contributed by atoms with Gasteiger partial charge in [0.05, 0.1) is 14.2 Å². The van der Waals surface area contributed by atoms with Crippen molar-refractivity contribution in [3.05, 3.63) is 60.2 Å². The van der Waals surface area contributed by atoms with E-state index in [0.29, 0.717) is 43.2 Å². The van der Waals surface area contributed by atoms with E-state index in [1.165, 1.54) is 0 Å². The molecule has 4 rings (SSSR count). The number of carbonyl (C=O) groups excluding carboxylic acids is 1. The van der Waals surface area contributed by atoms with Crippen LogP contribution in [-0.4, -0.2) is 65.7 Å². The Morgan fingerprint density at radius 2 is 1.57 bits per heavy atom. The van der Waals surface area contributed by atoms with E-state index in [1.54, 1.807) is 32.4 Å². The summed E-state index contributed by atoms with van der Waals surface area (Å²) < 4.78 is 12.5. The third kappa shape index (κ3) is 3.94. The van der Waals surface area contributed by atoms with Crippen molar-refractivity contribution in [2.45, 2.75) is 6.92 Å². The number of aryl methyl sites for hydroxylation is 1. The normalized spacial score (nSPS) is 14.0. The average molecular weight is 407 g/mol. The highest BCUT2D eigenvalue weighted by Gasteiger charge is 2.24. The highest BCUT2D eigenvalue weighted by atomic mass is 16.5. The molecule has 8 nitrogen and oxygen atoms in total. The first-order valence-corrected chi connectivity index (χ1v) is 9.84. The van der Waals surface area contributed by atoms with Gasteiger partial charge in [-0.3, -0.25) is 4.79 Å². The van der Waals surface area contributed by atoms with Gasteiger partial charge >= 0.3 is 0 Å². The van der Waals surface area contributed by atoms with Crippen LogP contribution in [0.3, 0.4) is 0 Å². The molecule has 1 saturated heterocycles. The molecular weight excluding hydrogens is 382 g/mol. The van der Waals surface area contributed by atoms with Crippen molar-refractivity contribution in [3.8, 4) is 17.3 Å². The van der Waals surface area contributed by atoms with E-state index < -0.39 is 0 Å². The minimum atomic E-state index is -0.0116. The number of ether oxygens (including phenoxy) is 2. The van der Waals surface area contributed by atoms with Crippen LogP contribution >= 0.6 is 0 Å². The summed E-state index contributed by atoms with van der Waals surface area (Å²) in [5.41, 5.74) is 0.592. The Bertz CT molecular complexity index is 1030. The molecule has 0 atom stereocenters. The molecular formula is C22H25N5O3. The van der Waals surface area contributed by atoms with Gasteiger partial charge in [0.2, 0.25) is 0 Å². The fraction of sp³-hybridized carbons (Fsp3) is 0.318. The lowest BCUT2D eigenvalue weighted by molar-refractivity contribution is 0.0746. The minimum Gasteiger partial charge on any atom is -0.493 e. The molecule has 1 aliphatic rings. The number of nitrogens with zero attached hydrogens (tertiary/aromatic N) is 5.